The van der Waals surface area contributed by atoms with Crippen molar-refractivity contribution in [1.82, 2.24) is 4.90 Å². The van der Waals surface area contributed by atoms with Gasteiger partial charge in [-0.25, -0.2) is 0 Å². The third-order valence-electron chi connectivity index (χ3n) is 4.73. The molecule has 0 aliphatic heterocycles. The first kappa shape index (κ1) is 12.9. The predicted octanol–water partition coefficient (Wildman–Crippen LogP) is 3.58. The van der Waals surface area contributed by atoms with Gasteiger partial charge in [0.05, 0.1) is 12.0 Å². The van der Waals surface area contributed by atoms with Crippen LogP contribution in [0.25, 0.3) is 0 Å². The van der Waals surface area contributed by atoms with Crippen LogP contribution in [-0.2, 0) is 0 Å². The molecule has 0 amide bonds. The van der Waals surface area contributed by atoms with Gasteiger partial charge in [-0.1, -0.05) is 32.1 Å². The van der Waals surface area contributed by atoms with Gasteiger partial charge in [0, 0.05) is 12.6 Å². The van der Waals surface area contributed by atoms with E-state index in [1.807, 2.05) is 0 Å². The summed E-state index contributed by atoms with van der Waals surface area (Å²) in [5.74, 6) is 1.19. The smallest absolute Gasteiger partial charge is 0.0672 e. The van der Waals surface area contributed by atoms with Crippen molar-refractivity contribution < 1.29 is 0 Å². The molecule has 2 rings (SSSR count). The van der Waals surface area contributed by atoms with Crippen LogP contribution < -0.4 is 0 Å². The van der Waals surface area contributed by atoms with Crippen molar-refractivity contribution in [3.05, 3.63) is 0 Å². The fourth-order valence-electron chi connectivity index (χ4n) is 3.70. The van der Waals surface area contributed by atoms with Gasteiger partial charge < -0.3 is 4.90 Å². The molecular formula is C15H26N2. The fourth-order valence-corrected chi connectivity index (χ4v) is 3.70. The van der Waals surface area contributed by atoms with E-state index < -0.39 is 0 Å². The molecule has 0 saturated heterocycles. The summed E-state index contributed by atoms with van der Waals surface area (Å²) in [7, 11) is 2.25. The summed E-state index contributed by atoms with van der Waals surface area (Å²) in [5.41, 5.74) is 0. The van der Waals surface area contributed by atoms with E-state index in [9.17, 15) is 5.26 Å². The van der Waals surface area contributed by atoms with E-state index >= 15 is 0 Å². The molecular weight excluding hydrogens is 208 g/mol. The van der Waals surface area contributed by atoms with E-state index in [4.69, 9.17) is 0 Å². The minimum Gasteiger partial charge on any atom is -0.302 e. The lowest BCUT2D eigenvalue weighted by atomic mass is 9.94. The minimum absolute atomic E-state index is 0.281. The Morgan fingerprint density at radius 3 is 2.35 bits per heavy atom. The van der Waals surface area contributed by atoms with Gasteiger partial charge in [0.15, 0.2) is 0 Å². The number of rotatable bonds is 3. The van der Waals surface area contributed by atoms with E-state index in [1.54, 1.807) is 0 Å². The first-order valence-electron chi connectivity index (χ1n) is 7.41. The lowest BCUT2D eigenvalue weighted by Crippen LogP contribution is -2.39. The van der Waals surface area contributed by atoms with Gasteiger partial charge in [-0.05, 0) is 38.6 Å². The minimum atomic E-state index is 0.281. The maximum absolute atomic E-state index is 9.32. The van der Waals surface area contributed by atoms with Crippen molar-refractivity contribution in [3.8, 4) is 6.07 Å². The molecule has 0 radical (unpaired) electrons. The Kier molecular flexibility index (Phi) is 4.86. The lowest BCUT2D eigenvalue weighted by molar-refractivity contribution is 0.165. The molecule has 2 saturated carbocycles. The van der Waals surface area contributed by atoms with E-state index in [0.29, 0.717) is 6.04 Å². The Morgan fingerprint density at radius 2 is 1.65 bits per heavy atom. The molecule has 2 heteroatoms. The SMILES string of the molecule is CN(CC1CCCC1)C1CCCCCC1C#N. The van der Waals surface area contributed by atoms with Crippen LogP contribution >= 0.6 is 0 Å². The summed E-state index contributed by atoms with van der Waals surface area (Å²) in [6.45, 7) is 1.23. The molecule has 0 bridgehead atoms. The molecule has 2 unspecified atom stereocenters. The summed E-state index contributed by atoms with van der Waals surface area (Å²) in [6, 6.07) is 3.09. The van der Waals surface area contributed by atoms with Crippen LogP contribution in [0, 0.1) is 23.2 Å². The van der Waals surface area contributed by atoms with Crippen LogP contribution in [-0.4, -0.2) is 24.5 Å². The summed E-state index contributed by atoms with van der Waals surface area (Å²) in [4.78, 5) is 2.51. The molecule has 2 atom stereocenters. The molecule has 0 heterocycles. The van der Waals surface area contributed by atoms with Gasteiger partial charge in [-0.3, -0.25) is 0 Å². The topological polar surface area (TPSA) is 27.0 Å². The lowest BCUT2D eigenvalue weighted by Gasteiger charge is -2.32. The summed E-state index contributed by atoms with van der Waals surface area (Å²) in [5, 5.41) is 9.32. The highest BCUT2D eigenvalue weighted by molar-refractivity contribution is 4.94. The molecule has 2 aliphatic carbocycles. The molecule has 96 valence electrons. The van der Waals surface area contributed by atoms with E-state index in [-0.39, 0.29) is 5.92 Å². The zero-order chi connectivity index (χ0) is 12.1. The normalized spacial score (nSPS) is 31.4. The Balaban J connectivity index is 1.90. The largest absolute Gasteiger partial charge is 0.302 e. The molecule has 2 fully saturated rings. The first-order chi connectivity index (χ1) is 8.31. The van der Waals surface area contributed by atoms with Crippen molar-refractivity contribution in [3.63, 3.8) is 0 Å². The van der Waals surface area contributed by atoms with Gasteiger partial charge in [-0.2, -0.15) is 5.26 Å². The Morgan fingerprint density at radius 1 is 1.00 bits per heavy atom. The van der Waals surface area contributed by atoms with Gasteiger partial charge in [0.2, 0.25) is 0 Å². The second kappa shape index (κ2) is 6.40. The Bertz CT molecular complexity index is 263. The highest BCUT2D eigenvalue weighted by atomic mass is 15.1. The molecule has 17 heavy (non-hydrogen) atoms. The monoisotopic (exact) mass is 234 g/mol. The van der Waals surface area contributed by atoms with Gasteiger partial charge >= 0.3 is 0 Å². The molecule has 0 N–H and O–H groups in total. The quantitative estimate of drug-likeness (QED) is 0.698. The second-order valence-corrected chi connectivity index (χ2v) is 6.03. The van der Waals surface area contributed by atoms with E-state index in [1.165, 1.54) is 57.9 Å². The van der Waals surface area contributed by atoms with Crippen molar-refractivity contribution in [2.24, 2.45) is 11.8 Å². The first-order valence-corrected chi connectivity index (χ1v) is 7.41. The van der Waals surface area contributed by atoms with Crippen molar-refractivity contribution in [2.75, 3.05) is 13.6 Å². The van der Waals surface area contributed by atoms with Crippen LogP contribution in [0.15, 0.2) is 0 Å². The standard InChI is InChI=1S/C15H26N2/c1-17(12-13-7-5-6-8-13)15-10-4-2-3-9-14(15)11-16/h13-15H,2-10,12H2,1H3. The summed E-state index contributed by atoms with van der Waals surface area (Å²) in [6.07, 6.45) is 11.9. The van der Waals surface area contributed by atoms with Crippen molar-refractivity contribution >= 4 is 0 Å². The van der Waals surface area contributed by atoms with Gasteiger partial charge in [0.1, 0.15) is 0 Å². The van der Waals surface area contributed by atoms with E-state index in [2.05, 4.69) is 18.0 Å². The predicted molar refractivity (Wildman–Crippen MR) is 70.6 cm³/mol. The number of nitriles is 1. The maximum atomic E-state index is 9.32. The zero-order valence-electron chi connectivity index (χ0n) is 11.2. The van der Waals surface area contributed by atoms with Gasteiger partial charge in [-0.15, -0.1) is 0 Å². The second-order valence-electron chi connectivity index (χ2n) is 6.03. The molecule has 2 nitrogen and oxygen atoms in total. The van der Waals surface area contributed by atoms with Crippen molar-refractivity contribution in [2.45, 2.75) is 63.8 Å². The highest BCUT2D eigenvalue weighted by Crippen LogP contribution is 2.30. The molecule has 2 aliphatic rings. The van der Waals surface area contributed by atoms with E-state index in [0.717, 1.165) is 12.3 Å². The number of hydrogen-bond donors (Lipinski definition) is 0. The Hall–Kier alpha value is -0.550. The van der Waals surface area contributed by atoms with Crippen LogP contribution in [0.1, 0.15) is 57.8 Å². The van der Waals surface area contributed by atoms with Crippen molar-refractivity contribution in [1.29, 1.82) is 5.26 Å². The molecule has 0 spiro atoms. The van der Waals surface area contributed by atoms with Gasteiger partial charge in [0.25, 0.3) is 0 Å². The molecule has 0 aromatic rings. The molecule has 0 aromatic carbocycles. The Labute approximate surface area is 106 Å². The highest BCUT2D eigenvalue weighted by Gasteiger charge is 2.28. The fraction of sp³-hybridized carbons (Fsp3) is 0.933. The summed E-state index contributed by atoms with van der Waals surface area (Å²) < 4.78 is 0. The third-order valence-corrected chi connectivity index (χ3v) is 4.73. The van der Waals surface area contributed by atoms with Crippen LogP contribution in [0.4, 0.5) is 0 Å². The summed E-state index contributed by atoms with van der Waals surface area (Å²) >= 11 is 0. The average Bonchev–Trinajstić information content (AvgIpc) is 2.71. The number of hydrogen-bond acceptors (Lipinski definition) is 2. The zero-order valence-corrected chi connectivity index (χ0v) is 11.2. The number of nitrogens with zero attached hydrogens (tertiary/aromatic N) is 2. The average molecular weight is 234 g/mol. The van der Waals surface area contributed by atoms with Crippen LogP contribution in [0.3, 0.4) is 0 Å². The maximum Gasteiger partial charge on any atom is 0.0672 e. The third kappa shape index (κ3) is 3.45. The van der Waals surface area contributed by atoms with Crippen LogP contribution in [0.5, 0.6) is 0 Å². The molecule has 0 aromatic heterocycles. The van der Waals surface area contributed by atoms with Crippen LogP contribution in [0.2, 0.25) is 0 Å².